The Labute approximate surface area is 111 Å². The minimum atomic E-state index is -1.07. The highest BCUT2D eigenvalue weighted by molar-refractivity contribution is 5.90. The lowest BCUT2D eigenvalue weighted by Gasteiger charge is -2.24. The van der Waals surface area contributed by atoms with Gasteiger partial charge in [0.05, 0.1) is 7.11 Å². The maximum Gasteiger partial charge on any atom is 0.330 e. The molecule has 1 amide bonds. The smallest absolute Gasteiger partial charge is 0.330 e. The molecule has 2 rings (SSSR count). The first kappa shape index (κ1) is 13.4. The van der Waals surface area contributed by atoms with Crippen LogP contribution in [0.5, 0.6) is 5.75 Å². The van der Waals surface area contributed by atoms with E-state index in [1.807, 2.05) is 24.3 Å². The SMILES string of the molecule is COC(=O)C(C)(C)NC(=O)[C@H]1Cc2ccccc2O1. The van der Waals surface area contributed by atoms with E-state index in [1.165, 1.54) is 7.11 Å². The number of ether oxygens (including phenoxy) is 2. The van der Waals surface area contributed by atoms with Crippen LogP contribution in [0.2, 0.25) is 0 Å². The van der Waals surface area contributed by atoms with Gasteiger partial charge in [-0.1, -0.05) is 18.2 Å². The van der Waals surface area contributed by atoms with Crippen molar-refractivity contribution in [2.45, 2.75) is 31.9 Å². The second kappa shape index (κ2) is 4.91. The molecule has 0 spiro atoms. The Morgan fingerprint density at radius 2 is 2.05 bits per heavy atom. The molecule has 102 valence electrons. The van der Waals surface area contributed by atoms with Gasteiger partial charge in [-0.15, -0.1) is 0 Å². The fourth-order valence-corrected chi connectivity index (χ4v) is 2.02. The first-order chi connectivity index (χ1) is 8.94. The van der Waals surface area contributed by atoms with Crippen molar-refractivity contribution in [2.75, 3.05) is 7.11 Å². The average molecular weight is 263 g/mol. The van der Waals surface area contributed by atoms with Gasteiger partial charge in [0.15, 0.2) is 6.10 Å². The largest absolute Gasteiger partial charge is 0.480 e. The maximum absolute atomic E-state index is 12.1. The van der Waals surface area contributed by atoms with E-state index in [1.54, 1.807) is 13.8 Å². The molecule has 0 aromatic heterocycles. The van der Waals surface area contributed by atoms with Crippen molar-refractivity contribution in [3.63, 3.8) is 0 Å². The summed E-state index contributed by atoms with van der Waals surface area (Å²) in [4.78, 5) is 23.6. The summed E-state index contributed by atoms with van der Waals surface area (Å²) in [6.07, 6.45) is -0.0828. The third kappa shape index (κ3) is 2.70. The normalized spacial score (nSPS) is 17.3. The van der Waals surface area contributed by atoms with Gasteiger partial charge in [0.25, 0.3) is 5.91 Å². The van der Waals surface area contributed by atoms with Crippen LogP contribution in [-0.4, -0.2) is 30.6 Å². The highest BCUT2D eigenvalue weighted by Gasteiger charge is 2.36. The highest BCUT2D eigenvalue weighted by Crippen LogP contribution is 2.28. The van der Waals surface area contributed by atoms with E-state index >= 15 is 0 Å². The van der Waals surface area contributed by atoms with Crippen molar-refractivity contribution in [1.82, 2.24) is 5.32 Å². The Morgan fingerprint density at radius 1 is 1.37 bits per heavy atom. The van der Waals surface area contributed by atoms with Gasteiger partial charge in [-0.25, -0.2) is 4.79 Å². The molecule has 1 aliphatic heterocycles. The second-order valence-electron chi connectivity index (χ2n) is 5.02. The van der Waals surface area contributed by atoms with Crippen LogP contribution in [0.25, 0.3) is 0 Å². The van der Waals surface area contributed by atoms with E-state index < -0.39 is 17.6 Å². The van der Waals surface area contributed by atoms with E-state index in [9.17, 15) is 9.59 Å². The zero-order valence-electron chi connectivity index (χ0n) is 11.2. The van der Waals surface area contributed by atoms with Crippen molar-refractivity contribution in [2.24, 2.45) is 0 Å². The van der Waals surface area contributed by atoms with Gasteiger partial charge >= 0.3 is 5.97 Å². The summed E-state index contributed by atoms with van der Waals surface area (Å²) in [7, 11) is 1.29. The van der Waals surface area contributed by atoms with Gasteiger partial charge in [0.1, 0.15) is 11.3 Å². The number of para-hydroxylation sites is 1. The van der Waals surface area contributed by atoms with Gasteiger partial charge in [-0.3, -0.25) is 4.79 Å². The summed E-state index contributed by atoms with van der Waals surface area (Å²) < 4.78 is 10.2. The number of amides is 1. The fraction of sp³-hybridized carbons (Fsp3) is 0.429. The summed E-state index contributed by atoms with van der Waals surface area (Å²) in [5.41, 5.74) is -0.0669. The molecular formula is C14H17NO4. The van der Waals surface area contributed by atoms with E-state index in [0.717, 1.165) is 11.3 Å². The molecule has 5 nitrogen and oxygen atoms in total. The monoisotopic (exact) mass is 263 g/mol. The number of carbonyl (C=O) groups excluding carboxylic acids is 2. The van der Waals surface area contributed by atoms with Crippen LogP contribution in [0.4, 0.5) is 0 Å². The number of benzene rings is 1. The van der Waals surface area contributed by atoms with Crippen molar-refractivity contribution in [3.8, 4) is 5.75 Å². The van der Waals surface area contributed by atoms with Crippen LogP contribution in [-0.2, 0) is 20.7 Å². The van der Waals surface area contributed by atoms with Crippen LogP contribution in [0.15, 0.2) is 24.3 Å². The number of hydrogen-bond donors (Lipinski definition) is 1. The molecule has 0 saturated heterocycles. The third-order valence-corrected chi connectivity index (χ3v) is 3.07. The minimum absolute atomic E-state index is 0.313. The first-order valence-electron chi connectivity index (χ1n) is 6.09. The third-order valence-electron chi connectivity index (χ3n) is 3.07. The Balaban J connectivity index is 2.02. The van der Waals surface area contributed by atoms with Gasteiger partial charge in [0.2, 0.25) is 0 Å². The van der Waals surface area contributed by atoms with Crippen LogP contribution in [0.1, 0.15) is 19.4 Å². The Morgan fingerprint density at radius 3 is 2.68 bits per heavy atom. The summed E-state index contributed by atoms with van der Waals surface area (Å²) >= 11 is 0. The van der Waals surface area contributed by atoms with Gasteiger partial charge < -0.3 is 14.8 Å². The predicted octanol–water partition coefficient (Wildman–Crippen LogP) is 1.06. The fourth-order valence-electron chi connectivity index (χ4n) is 2.02. The molecular weight excluding hydrogens is 246 g/mol. The second-order valence-corrected chi connectivity index (χ2v) is 5.02. The van der Waals surface area contributed by atoms with E-state index in [-0.39, 0.29) is 5.91 Å². The molecule has 1 atom stereocenters. The Hall–Kier alpha value is -2.04. The summed E-state index contributed by atoms with van der Waals surface area (Å²) in [5.74, 6) is -0.0820. The number of fused-ring (bicyclic) bond motifs is 1. The molecule has 0 fully saturated rings. The molecule has 0 unspecified atom stereocenters. The Kier molecular flexibility index (Phi) is 3.46. The number of carbonyl (C=O) groups is 2. The van der Waals surface area contributed by atoms with Crippen molar-refractivity contribution in [1.29, 1.82) is 0 Å². The molecule has 1 heterocycles. The minimum Gasteiger partial charge on any atom is -0.480 e. The van der Waals surface area contributed by atoms with Crippen molar-refractivity contribution < 1.29 is 19.1 Å². The molecule has 0 radical (unpaired) electrons. The van der Waals surface area contributed by atoms with Gasteiger partial charge in [-0.2, -0.15) is 0 Å². The van der Waals surface area contributed by atoms with Crippen molar-refractivity contribution in [3.05, 3.63) is 29.8 Å². The lowest BCUT2D eigenvalue weighted by molar-refractivity contribution is -0.150. The van der Waals surface area contributed by atoms with Gasteiger partial charge in [0, 0.05) is 6.42 Å². The van der Waals surface area contributed by atoms with Crippen LogP contribution < -0.4 is 10.1 Å². The highest BCUT2D eigenvalue weighted by atomic mass is 16.5. The van der Waals surface area contributed by atoms with E-state index in [4.69, 9.17) is 4.74 Å². The molecule has 1 N–H and O–H groups in total. The molecule has 19 heavy (non-hydrogen) atoms. The van der Waals surface area contributed by atoms with Gasteiger partial charge in [-0.05, 0) is 25.5 Å². The topological polar surface area (TPSA) is 64.6 Å². The van der Waals surface area contributed by atoms with E-state index in [2.05, 4.69) is 10.1 Å². The van der Waals surface area contributed by atoms with E-state index in [0.29, 0.717) is 6.42 Å². The molecule has 5 heteroatoms. The quantitative estimate of drug-likeness (QED) is 0.828. The zero-order chi connectivity index (χ0) is 14.0. The summed E-state index contributed by atoms with van der Waals surface area (Å²) in [6.45, 7) is 3.19. The zero-order valence-corrected chi connectivity index (χ0v) is 11.2. The van der Waals surface area contributed by atoms with Crippen LogP contribution in [0, 0.1) is 0 Å². The molecule has 1 aromatic rings. The molecule has 0 aliphatic carbocycles. The number of rotatable bonds is 3. The first-order valence-corrected chi connectivity index (χ1v) is 6.09. The standard InChI is InChI=1S/C14H17NO4/c1-14(2,13(17)18-3)15-12(16)11-8-9-6-4-5-7-10(9)19-11/h4-7,11H,8H2,1-3H3,(H,15,16)/t11-/m1/s1. The van der Waals surface area contributed by atoms with Crippen LogP contribution in [0.3, 0.4) is 0 Å². The lowest BCUT2D eigenvalue weighted by Crippen LogP contribution is -2.54. The molecule has 0 saturated carbocycles. The predicted molar refractivity (Wildman–Crippen MR) is 68.8 cm³/mol. The number of methoxy groups -OCH3 is 1. The average Bonchev–Trinajstić information content (AvgIpc) is 2.81. The maximum atomic E-state index is 12.1. The lowest BCUT2D eigenvalue weighted by atomic mass is 10.0. The number of nitrogens with one attached hydrogen (secondary N) is 1. The molecule has 1 aromatic carbocycles. The number of hydrogen-bond acceptors (Lipinski definition) is 4. The molecule has 1 aliphatic rings. The summed E-state index contributed by atoms with van der Waals surface area (Å²) in [6, 6.07) is 7.51. The van der Waals surface area contributed by atoms with Crippen molar-refractivity contribution >= 4 is 11.9 Å². The van der Waals surface area contributed by atoms with Crippen LogP contribution >= 0.6 is 0 Å². The Bertz CT molecular complexity index is 485. The summed E-state index contributed by atoms with van der Waals surface area (Å²) in [5, 5.41) is 2.65. The number of esters is 1. The molecule has 0 bridgehead atoms.